The molecule has 0 amide bonds. The molecule has 1 aromatic heterocycles. The summed E-state index contributed by atoms with van der Waals surface area (Å²) in [6.45, 7) is 5.44. The van der Waals surface area contributed by atoms with E-state index >= 15 is 0 Å². The molecule has 0 unspecified atom stereocenters. The van der Waals surface area contributed by atoms with E-state index in [0.29, 0.717) is 26.2 Å². The predicted molar refractivity (Wildman–Crippen MR) is 73.8 cm³/mol. The Labute approximate surface area is 113 Å². The molecule has 18 heavy (non-hydrogen) atoms. The van der Waals surface area contributed by atoms with Crippen molar-refractivity contribution in [1.29, 1.82) is 0 Å². The first-order chi connectivity index (χ1) is 8.64. The Bertz CT molecular complexity index is 453. The Balaban J connectivity index is 2.10. The lowest BCUT2D eigenvalue weighted by molar-refractivity contribution is 0.313. The lowest BCUT2D eigenvalue weighted by Gasteiger charge is -2.31. The van der Waals surface area contributed by atoms with Gasteiger partial charge in [-0.3, -0.25) is 0 Å². The van der Waals surface area contributed by atoms with E-state index in [2.05, 4.69) is 5.32 Å². The van der Waals surface area contributed by atoms with Crippen molar-refractivity contribution >= 4 is 21.5 Å². The van der Waals surface area contributed by atoms with Gasteiger partial charge in [-0.1, -0.05) is 13.0 Å². The van der Waals surface area contributed by atoms with Crippen LogP contribution in [0.3, 0.4) is 0 Å². The first kappa shape index (κ1) is 14.0. The van der Waals surface area contributed by atoms with Gasteiger partial charge in [-0.05, 0) is 11.4 Å². The van der Waals surface area contributed by atoms with Crippen molar-refractivity contribution in [2.24, 2.45) is 0 Å². The summed E-state index contributed by atoms with van der Waals surface area (Å²) in [5.74, 6) is 0. The molecule has 102 valence electrons. The van der Waals surface area contributed by atoms with Gasteiger partial charge in [-0.25, -0.2) is 0 Å². The van der Waals surface area contributed by atoms with Gasteiger partial charge in [0.2, 0.25) is 0 Å². The molecule has 1 aliphatic rings. The van der Waals surface area contributed by atoms with E-state index in [0.717, 1.165) is 18.0 Å². The average molecular weight is 289 g/mol. The minimum Gasteiger partial charge on any atom is -0.314 e. The molecule has 1 aromatic rings. The summed E-state index contributed by atoms with van der Waals surface area (Å²) in [5.41, 5.74) is 0. The largest absolute Gasteiger partial charge is 0.314 e. The first-order valence-electron chi connectivity index (χ1n) is 6.13. The topological polar surface area (TPSA) is 52.7 Å². The molecular formula is C11H19N3O2S2. The molecule has 0 spiro atoms. The van der Waals surface area contributed by atoms with Gasteiger partial charge in [-0.2, -0.15) is 17.0 Å². The molecule has 0 atom stereocenters. The summed E-state index contributed by atoms with van der Waals surface area (Å²) in [6.07, 6.45) is 0. The van der Waals surface area contributed by atoms with Crippen molar-refractivity contribution in [1.82, 2.24) is 13.9 Å². The minimum absolute atomic E-state index is 0.473. The predicted octanol–water partition coefficient (Wildman–Crippen LogP) is 0.720. The molecule has 0 aromatic carbocycles. The molecule has 1 N–H and O–H groups in total. The Morgan fingerprint density at radius 3 is 2.72 bits per heavy atom. The van der Waals surface area contributed by atoms with Crippen LogP contribution in [0.4, 0.5) is 0 Å². The van der Waals surface area contributed by atoms with E-state index in [1.54, 1.807) is 19.9 Å². The minimum atomic E-state index is -3.32. The number of nitrogens with one attached hydrogen (secondary N) is 1. The Kier molecular flexibility index (Phi) is 4.74. The molecule has 0 saturated carbocycles. The van der Waals surface area contributed by atoms with E-state index in [-0.39, 0.29) is 0 Å². The van der Waals surface area contributed by atoms with Crippen LogP contribution in [0.2, 0.25) is 0 Å². The van der Waals surface area contributed by atoms with Crippen molar-refractivity contribution in [2.75, 3.05) is 32.7 Å². The van der Waals surface area contributed by atoms with Gasteiger partial charge < -0.3 is 5.32 Å². The van der Waals surface area contributed by atoms with E-state index in [4.69, 9.17) is 0 Å². The number of hydrogen-bond acceptors (Lipinski definition) is 4. The van der Waals surface area contributed by atoms with Crippen molar-refractivity contribution < 1.29 is 8.42 Å². The molecule has 1 aliphatic heterocycles. The summed E-state index contributed by atoms with van der Waals surface area (Å²) in [6, 6.07) is 3.92. The van der Waals surface area contributed by atoms with Gasteiger partial charge >= 0.3 is 0 Å². The normalized spacial score (nSPS) is 18.3. The van der Waals surface area contributed by atoms with Crippen LogP contribution < -0.4 is 5.32 Å². The summed E-state index contributed by atoms with van der Waals surface area (Å²) in [5, 5.41) is 5.14. The van der Waals surface area contributed by atoms with Crippen molar-refractivity contribution in [3.8, 4) is 0 Å². The van der Waals surface area contributed by atoms with Crippen LogP contribution in [0.1, 0.15) is 11.8 Å². The van der Waals surface area contributed by atoms with Crippen LogP contribution in [0.25, 0.3) is 0 Å². The summed E-state index contributed by atoms with van der Waals surface area (Å²) < 4.78 is 28.1. The van der Waals surface area contributed by atoms with E-state index < -0.39 is 10.2 Å². The maximum absolute atomic E-state index is 12.5. The van der Waals surface area contributed by atoms with Crippen LogP contribution in [0.15, 0.2) is 17.5 Å². The van der Waals surface area contributed by atoms with E-state index in [1.807, 2.05) is 24.4 Å². The van der Waals surface area contributed by atoms with Crippen LogP contribution in [-0.4, -0.2) is 49.8 Å². The molecule has 2 heterocycles. The first-order valence-corrected chi connectivity index (χ1v) is 8.40. The Morgan fingerprint density at radius 1 is 1.44 bits per heavy atom. The van der Waals surface area contributed by atoms with Gasteiger partial charge in [0.15, 0.2) is 0 Å². The second-order valence-electron chi connectivity index (χ2n) is 4.16. The summed E-state index contributed by atoms with van der Waals surface area (Å²) in [4.78, 5) is 1.08. The zero-order valence-electron chi connectivity index (χ0n) is 10.5. The molecule has 0 radical (unpaired) electrons. The molecule has 5 nitrogen and oxygen atoms in total. The fourth-order valence-corrected chi connectivity index (χ4v) is 4.37. The average Bonchev–Trinajstić information content (AvgIpc) is 2.89. The highest BCUT2D eigenvalue weighted by molar-refractivity contribution is 7.86. The molecule has 0 aliphatic carbocycles. The molecule has 2 rings (SSSR count). The fourth-order valence-electron chi connectivity index (χ4n) is 1.97. The van der Waals surface area contributed by atoms with Crippen LogP contribution in [0.5, 0.6) is 0 Å². The van der Waals surface area contributed by atoms with E-state index in [9.17, 15) is 8.42 Å². The lowest BCUT2D eigenvalue weighted by Crippen LogP contribution is -2.51. The third-order valence-corrected chi connectivity index (χ3v) is 5.91. The molecule has 1 saturated heterocycles. The second-order valence-corrected chi connectivity index (χ2v) is 7.12. The summed E-state index contributed by atoms with van der Waals surface area (Å²) >= 11 is 1.59. The highest BCUT2D eigenvalue weighted by atomic mass is 32.2. The third kappa shape index (κ3) is 3.10. The Hall–Kier alpha value is -0.470. The number of nitrogens with zero attached hydrogens (tertiary/aromatic N) is 2. The Morgan fingerprint density at radius 2 is 2.17 bits per heavy atom. The molecule has 0 bridgehead atoms. The monoisotopic (exact) mass is 289 g/mol. The van der Waals surface area contributed by atoms with Crippen LogP contribution in [0, 0.1) is 0 Å². The van der Waals surface area contributed by atoms with Gasteiger partial charge in [0.05, 0.1) is 0 Å². The highest BCUT2D eigenvalue weighted by Crippen LogP contribution is 2.17. The van der Waals surface area contributed by atoms with Gasteiger partial charge in [-0.15, -0.1) is 11.3 Å². The smallest absolute Gasteiger partial charge is 0.282 e. The van der Waals surface area contributed by atoms with Gasteiger partial charge in [0, 0.05) is 44.1 Å². The number of piperazine rings is 1. The summed E-state index contributed by atoms with van der Waals surface area (Å²) in [7, 11) is -3.32. The second kappa shape index (κ2) is 6.12. The fraction of sp³-hybridized carbons (Fsp3) is 0.636. The standard InChI is InChI=1S/C11H19N3O2S2/c1-2-13(10-11-4-3-9-17-11)18(15,16)14-7-5-12-6-8-14/h3-4,9,12H,2,5-8,10H2,1H3. The van der Waals surface area contributed by atoms with Crippen molar-refractivity contribution in [3.63, 3.8) is 0 Å². The van der Waals surface area contributed by atoms with Crippen molar-refractivity contribution in [2.45, 2.75) is 13.5 Å². The number of thiophene rings is 1. The quantitative estimate of drug-likeness (QED) is 0.869. The van der Waals surface area contributed by atoms with Crippen molar-refractivity contribution in [3.05, 3.63) is 22.4 Å². The molecule has 7 heteroatoms. The lowest BCUT2D eigenvalue weighted by atomic mass is 10.4. The van der Waals surface area contributed by atoms with Gasteiger partial charge in [0.25, 0.3) is 10.2 Å². The zero-order chi connectivity index (χ0) is 13.0. The molecule has 1 fully saturated rings. The van der Waals surface area contributed by atoms with E-state index in [1.165, 1.54) is 0 Å². The van der Waals surface area contributed by atoms with Crippen LogP contribution >= 0.6 is 11.3 Å². The van der Waals surface area contributed by atoms with Gasteiger partial charge in [0.1, 0.15) is 0 Å². The maximum Gasteiger partial charge on any atom is 0.282 e. The SMILES string of the molecule is CCN(Cc1cccs1)S(=O)(=O)N1CCNCC1. The molecular weight excluding hydrogens is 270 g/mol. The number of hydrogen-bond donors (Lipinski definition) is 1. The highest BCUT2D eigenvalue weighted by Gasteiger charge is 2.29. The maximum atomic E-state index is 12.5. The third-order valence-electron chi connectivity index (χ3n) is 2.99. The number of rotatable bonds is 5. The zero-order valence-corrected chi connectivity index (χ0v) is 12.1. The van der Waals surface area contributed by atoms with Crippen LogP contribution in [-0.2, 0) is 16.8 Å².